The van der Waals surface area contributed by atoms with Crippen LogP contribution in [0.3, 0.4) is 0 Å². The molecule has 74 valence electrons. The fourth-order valence-electron chi connectivity index (χ4n) is 1.53. The molecule has 0 unspecified atom stereocenters. The number of halogens is 1. The smallest absolute Gasteiger partial charge is 0.403 e. The molecule has 1 saturated heterocycles. The normalized spacial score (nSPS) is 40.8. The summed E-state index contributed by atoms with van der Waals surface area (Å²) in [5.41, 5.74) is -0.347. The van der Waals surface area contributed by atoms with Gasteiger partial charge in [-0.1, -0.05) is 15.9 Å². The fraction of sp³-hybridized carbons (Fsp3) is 1.00. The summed E-state index contributed by atoms with van der Waals surface area (Å²) < 4.78 is 11.8. The summed E-state index contributed by atoms with van der Waals surface area (Å²) in [6, 6.07) is 0. The Morgan fingerprint density at radius 1 is 1.15 bits per heavy atom. The van der Waals surface area contributed by atoms with Crippen molar-refractivity contribution in [1.29, 1.82) is 0 Å². The molecule has 0 N–H and O–H groups in total. The second kappa shape index (κ2) is 2.74. The zero-order chi connectivity index (χ0) is 9.85. The molecule has 2 fully saturated rings. The van der Waals surface area contributed by atoms with E-state index in [1.165, 1.54) is 6.42 Å². The molecule has 1 aliphatic heterocycles. The van der Waals surface area contributed by atoms with Gasteiger partial charge < -0.3 is 9.31 Å². The monoisotopic (exact) mass is 246 g/mol. The topological polar surface area (TPSA) is 18.5 Å². The van der Waals surface area contributed by atoms with Crippen molar-refractivity contribution in [3.63, 3.8) is 0 Å². The van der Waals surface area contributed by atoms with Gasteiger partial charge in [0.15, 0.2) is 0 Å². The highest BCUT2D eigenvalue weighted by molar-refractivity contribution is 9.09. The van der Waals surface area contributed by atoms with Gasteiger partial charge in [0, 0.05) is 10.6 Å². The Bertz CT molecular complexity index is 214. The van der Waals surface area contributed by atoms with Gasteiger partial charge in [-0.15, -0.1) is 0 Å². The number of hydrogen-bond donors (Lipinski definition) is 0. The average Bonchev–Trinajstić information content (AvgIpc) is 2.58. The Morgan fingerprint density at radius 2 is 1.54 bits per heavy atom. The number of alkyl halides is 1. The minimum absolute atomic E-state index is 0.00521. The maximum Gasteiger partial charge on any atom is 0.462 e. The van der Waals surface area contributed by atoms with E-state index in [4.69, 9.17) is 9.31 Å². The first kappa shape index (κ1) is 10.00. The van der Waals surface area contributed by atoms with E-state index in [0.29, 0.717) is 10.6 Å². The minimum Gasteiger partial charge on any atom is -0.403 e. The largest absolute Gasteiger partial charge is 0.462 e. The van der Waals surface area contributed by atoms with Crippen LogP contribution >= 0.6 is 15.9 Å². The summed E-state index contributed by atoms with van der Waals surface area (Å²) >= 11 is 3.57. The highest BCUT2D eigenvalue weighted by atomic mass is 79.9. The van der Waals surface area contributed by atoms with E-state index in [1.807, 2.05) is 0 Å². The van der Waals surface area contributed by atoms with Gasteiger partial charge in [0.1, 0.15) is 0 Å². The summed E-state index contributed by atoms with van der Waals surface area (Å²) in [6.45, 7) is 8.38. The summed E-state index contributed by atoms with van der Waals surface area (Å²) in [5.74, 6) is 0.557. The first-order valence-corrected chi connectivity index (χ1v) is 5.75. The van der Waals surface area contributed by atoms with E-state index in [1.54, 1.807) is 0 Å². The van der Waals surface area contributed by atoms with Crippen molar-refractivity contribution < 1.29 is 9.31 Å². The summed E-state index contributed by atoms with van der Waals surface area (Å²) in [4.78, 5) is 0.599. The Labute approximate surface area is 88.6 Å². The molecule has 2 aliphatic rings. The standard InChI is InChI=1S/C9H16BBrO2/c1-8(2)9(3,4)13-10(12-8)6-5-7(6)11/h6-7H,5H2,1-4H3/t6-,7-/m1/s1. The van der Waals surface area contributed by atoms with Gasteiger partial charge >= 0.3 is 7.12 Å². The van der Waals surface area contributed by atoms with Crippen LogP contribution in [0.15, 0.2) is 0 Å². The lowest BCUT2D eigenvalue weighted by Gasteiger charge is -2.32. The molecular formula is C9H16BBrO2. The van der Waals surface area contributed by atoms with Gasteiger partial charge in [-0.25, -0.2) is 0 Å². The molecule has 0 aromatic carbocycles. The molecule has 0 aromatic rings. The quantitative estimate of drug-likeness (QED) is 0.523. The van der Waals surface area contributed by atoms with E-state index < -0.39 is 0 Å². The zero-order valence-corrected chi connectivity index (χ0v) is 10.2. The van der Waals surface area contributed by atoms with Crippen LogP contribution in [0, 0.1) is 0 Å². The molecule has 0 spiro atoms. The molecule has 0 aromatic heterocycles. The second-order valence-corrected chi connectivity index (χ2v) is 6.22. The minimum atomic E-state index is -0.174. The van der Waals surface area contributed by atoms with Crippen molar-refractivity contribution in [2.45, 2.75) is 56.0 Å². The third kappa shape index (κ3) is 1.57. The van der Waals surface area contributed by atoms with E-state index in [9.17, 15) is 0 Å². The lowest BCUT2D eigenvalue weighted by atomic mass is 9.82. The summed E-state index contributed by atoms with van der Waals surface area (Å²) in [5, 5.41) is 0. The van der Waals surface area contributed by atoms with Gasteiger partial charge in [-0.3, -0.25) is 0 Å². The molecule has 2 atom stereocenters. The molecular weight excluding hydrogens is 231 g/mol. The average molecular weight is 247 g/mol. The third-order valence-electron chi connectivity index (χ3n) is 3.38. The third-order valence-corrected chi connectivity index (χ3v) is 4.43. The van der Waals surface area contributed by atoms with Gasteiger partial charge in [-0.05, 0) is 34.1 Å². The Kier molecular flexibility index (Phi) is 2.11. The van der Waals surface area contributed by atoms with Crippen molar-refractivity contribution in [3.05, 3.63) is 0 Å². The van der Waals surface area contributed by atoms with Crippen LogP contribution in [0.5, 0.6) is 0 Å². The van der Waals surface area contributed by atoms with E-state index in [2.05, 4.69) is 43.6 Å². The Morgan fingerprint density at radius 3 is 1.85 bits per heavy atom. The van der Waals surface area contributed by atoms with Crippen molar-refractivity contribution in [1.82, 2.24) is 0 Å². The van der Waals surface area contributed by atoms with E-state index >= 15 is 0 Å². The lowest BCUT2D eigenvalue weighted by Crippen LogP contribution is -2.41. The van der Waals surface area contributed by atoms with Crippen LogP contribution in [0.25, 0.3) is 0 Å². The van der Waals surface area contributed by atoms with Gasteiger partial charge in [0.25, 0.3) is 0 Å². The Balaban J connectivity index is 2.07. The molecule has 13 heavy (non-hydrogen) atoms. The van der Waals surface area contributed by atoms with Crippen molar-refractivity contribution in [2.75, 3.05) is 0 Å². The SMILES string of the molecule is CC1(C)OB([C@@H]2C[C@H]2Br)OC1(C)C. The predicted octanol–water partition coefficient (Wildman–Crippen LogP) is 2.62. The number of rotatable bonds is 1. The Hall–Kier alpha value is 0.465. The number of hydrogen-bond acceptors (Lipinski definition) is 2. The van der Waals surface area contributed by atoms with E-state index in [-0.39, 0.29) is 18.3 Å². The molecule has 2 rings (SSSR count). The molecule has 1 heterocycles. The van der Waals surface area contributed by atoms with Crippen LogP contribution in [-0.2, 0) is 9.31 Å². The molecule has 4 heteroatoms. The maximum atomic E-state index is 5.91. The molecule has 1 aliphatic carbocycles. The zero-order valence-electron chi connectivity index (χ0n) is 8.63. The highest BCUT2D eigenvalue weighted by Gasteiger charge is 2.59. The van der Waals surface area contributed by atoms with E-state index in [0.717, 1.165) is 0 Å². The molecule has 0 radical (unpaired) electrons. The fourth-order valence-corrected chi connectivity index (χ4v) is 2.21. The summed E-state index contributed by atoms with van der Waals surface area (Å²) in [7, 11) is -0.00521. The van der Waals surface area contributed by atoms with Crippen molar-refractivity contribution in [2.24, 2.45) is 0 Å². The van der Waals surface area contributed by atoms with Crippen LogP contribution in [0.1, 0.15) is 34.1 Å². The van der Waals surface area contributed by atoms with Crippen LogP contribution in [-0.4, -0.2) is 23.1 Å². The molecule has 0 amide bonds. The van der Waals surface area contributed by atoms with Crippen LogP contribution in [0.2, 0.25) is 5.82 Å². The first-order chi connectivity index (χ1) is 5.83. The van der Waals surface area contributed by atoms with Crippen LogP contribution < -0.4 is 0 Å². The van der Waals surface area contributed by atoms with Gasteiger partial charge in [0.2, 0.25) is 0 Å². The summed E-state index contributed by atoms with van der Waals surface area (Å²) in [6.07, 6.45) is 1.18. The highest BCUT2D eigenvalue weighted by Crippen LogP contribution is 2.52. The van der Waals surface area contributed by atoms with Gasteiger partial charge in [-0.2, -0.15) is 0 Å². The molecule has 0 bridgehead atoms. The molecule has 2 nitrogen and oxygen atoms in total. The lowest BCUT2D eigenvalue weighted by molar-refractivity contribution is 0.00578. The van der Waals surface area contributed by atoms with Crippen molar-refractivity contribution in [3.8, 4) is 0 Å². The maximum absolute atomic E-state index is 5.91. The van der Waals surface area contributed by atoms with Crippen LogP contribution in [0.4, 0.5) is 0 Å². The van der Waals surface area contributed by atoms with Crippen molar-refractivity contribution >= 4 is 23.0 Å². The first-order valence-electron chi connectivity index (χ1n) is 4.83. The molecule has 1 saturated carbocycles. The van der Waals surface area contributed by atoms with Gasteiger partial charge in [0.05, 0.1) is 11.2 Å². The second-order valence-electron chi connectivity index (χ2n) is 5.04. The predicted molar refractivity (Wildman–Crippen MR) is 57.2 cm³/mol.